The molecule has 0 bridgehead atoms. The van der Waals surface area contributed by atoms with Gasteiger partial charge in [0, 0.05) is 50.4 Å². The van der Waals surface area contributed by atoms with Crippen LogP contribution >= 0.6 is 0 Å². The van der Waals surface area contributed by atoms with E-state index in [1.807, 2.05) is 48.5 Å². The molecule has 32 heavy (non-hydrogen) atoms. The van der Waals surface area contributed by atoms with Crippen molar-refractivity contribution in [3.8, 4) is 11.5 Å². The molecular formula is C25H32N2O5. The Morgan fingerprint density at radius 1 is 0.656 bits per heavy atom. The van der Waals surface area contributed by atoms with Crippen molar-refractivity contribution in [1.82, 2.24) is 9.80 Å². The molecule has 7 nitrogen and oxygen atoms in total. The maximum absolute atomic E-state index is 12.8. The third-order valence-electron chi connectivity index (χ3n) is 5.79. The zero-order valence-corrected chi connectivity index (χ0v) is 18.5. The van der Waals surface area contributed by atoms with Gasteiger partial charge in [-0.15, -0.1) is 0 Å². The van der Waals surface area contributed by atoms with Crippen LogP contribution in [0.25, 0.3) is 0 Å². The molecule has 0 N–H and O–H groups in total. The molecule has 0 amide bonds. The number of ether oxygens (including phenoxy) is 4. The molecule has 0 atom stereocenters. The fourth-order valence-corrected chi connectivity index (χ4v) is 3.81. The van der Waals surface area contributed by atoms with Crippen LogP contribution in [0.2, 0.25) is 0 Å². The second-order valence-electron chi connectivity index (χ2n) is 7.98. The summed E-state index contributed by atoms with van der Waals surface area (Å²) in [7, 11) is 0. The number of nitrogens with zero attached hydrogens (tertiary/aromatic N) is 2. The first-order valence-corrected chi connectivity index (χ1v) is 11.4. The zero-order chi connectivity index (χ0) is 22.0. The van der Waals surface area contributed by atoms with Gasteiger partial charge in [-0.05, 0) is 48.5 Å². The van der Waals surface area contributed by atoms with E-state index in [9.17, 15) is 4.79 Å². The summed E-state index contributed by atoms with van der Waals surface area (Å²) in [6.07, 6.45) is 0. The molecule has 2 fully saturated rings. The number of carbonyl (C=O) groups excluding carboxylic acids is 1. The molecule has 0 spiro atoms. The number of morpholine rings is 2. The molecule has 2 aromatic rings. The maximum Gasteiger partial charge on any atom is 0.193 e. The molecule has 2 aliphatic rings. The second-order valence-corrected chi connectivity index (χ2v) is 7.98. The van der Waals surface area contributed by atoms with E-state index in [0.717, 1.165) is 77.2 Å². The van der Waals surface area contributed by atoms with E-state index in [1.165, 1.54) is 0 Å². The lowest BCUT2D eigenvalue weighted by atomic mass is 10.0. The Kier molecular flexibility index (Phi) is 8.50. The Morgan fingerprint density at radius 2 is 1.03 bits per heavy atom. The number of ketones is 1. The number of carbonyl (C=O) groups is 1. The van der Waals surface area contributed by atoms with E-state index >= 15 is 0 Å². The molecule has 7 heteroatoms. The van der Waals surface area contributed by atoms with Crippen molar-refractivity contribution >= 4 is 5.78 Å². The van der Waals surface area contributed by atoms with E-state index in [2.05, 4.69) is 9.80 Å². The van der Waals surface area contributed by atoms with Crippen LogP contribution in [-0.4, -0.2) is 94.5 Å². The molecule has 2 aromatic carbocycles. The topological polar surface area (TPSA) is 60.5 Å². The highest BCUT2D eigenvalue weighted by atomic mass is 16.5. The molecule has 0 radical (unpaired) electrons. The van der Waals surface area contributed by atoms with Crippen molar-refractivity contribution in [1.29, 1.82) is 0 Å². The van der Waals surface area contributed by atoms with Gasteiger partial charge in [0.2, 0.25) is 0 Å². The Morgan fingerprint density at radius 3 is 1.41 bits per heavy atom. The standard InChI is InChI=1S/C25H32N2O5/c28-25(21-1-5-23(6-2-21)31-19-13-26-9-15-29-16-10-26)22-3-7-24(8-4-22)32-20-14-27-11-17-30-18-12-27/h1-8H,9-20H2. The average molecular weight is 441 g/mol. The largest absolute Gasteiger partial charge is 0.492 e. The van der Waals surface area contributed by atoms with Gasteiger partial charge in [0.1, 0.15) is 24.7 Å². The van der Waals surface area contributed by atoms with Crippen molar-refractivity contribution in [2.75, 3.05) is 78.9 Å². The predicted molar refractivity (Wildman–Crippen MR) is 122 cm³/mol. The highest BCUT2D eigenvalue weighted by Crippen LogP contribution is 2.18. The zero-order valence-electron chi connectivity index (χ0n) is 18.5. The first-order chi connectivity index (χ1) is 15.8. The highest BCUT2D eigenvalue weighted by Gasteiger charge is 2.12. The lowest BCUT2D eigenvalue weighted by molar-refractivity contribution is 0.0321. The Hall–Kier alpha value is -2.45. The molecule has 172 valence electrons. The third kappa shape index (κ3) is 6.77. The van der Waals surface area contributed by atoms with Crippen molar-refractivity contribution < 1.29 is 23.7 Å². The summed E-state index contributed by atoms with van der Waals surface area (Å²) >= 11 is 0. The molecule has 0 aromatic heterocycles. The lowest BCUT2D eigenvalue weighted by Gasteiger charge is -2.26. The summed E-state index contributed by atoms with van der Waals surface area (Å²) < 4.78 is 22.4. The second kappa shape index (κ2) is 12.0. The van der Waals surface area contributed by atoms with Crippen LogP contribution in [0.3, 0.4) is 0 Å². The molecular weight excluding hydrogens is 408 g/mol. The summed E-state index contributed by atoms with van der Waals surface area (Å²) in [4.78, 5) is 17.5. The summed E-state index contributed by atoms with van der Waals surface area (Å²) in [5, 5.41) is 0. The number of hydrogen-bond acceptors (Lipinski definition) is 7. The minimum atomic E-state index is -0.00951. The average Bonchev–Trinajstić information content (AvgIpc) is 2.86. The molecule has 0 unspecified atom stereocenters. The van der Waals surface area contributed by atoms with Gasteiger partial charge < -0.3 is 18.9 Å². The molecule has 2 aliphatic heterocycles. The van der Waals surface area contributed by atoms with Crippen LogP contribution in [0, 0.1) is 0 Å². The fraction of sp³-hybridized carbons (Fsp3) is 0.480. The maximum atomic E-state index is 12.8. The van der Waals surface area contributed by atoms with Crippen LogP contribution in [0.1, 0.15) is 15.9 Å². The number of rotatable bonds is 10. The quantitative estimate of drug-likeness (QED) is 0.526. The summed E-state index contributed by atoms with van der Waals surface area (Å²) in [5.74, 6) is 1.54. The van der Waals surface area contributed by atoms with E-state index < -0.39 is 0 Å². The van der Waals surface area contributed by atoms with Crippen LogP contribution < -0.4 is 9.47 Å². The fourth-order valence-electron chi connectivity index (χ4n) is 3.81. The Balaban J connectivity index is 1.21. The van der Waals surface area contributed by atoms with Gasteiger partial charge in [0.25, 0.3) is 0 Å². The van der Waals surface area contributed by atoms with Gasteiger partial charge in [-0.3, -0.25) is 14.6 Å². The number of benzene rings is 2. The SMILES string of the molecule is O=C(c1ccc(OCCN2CCOCC2)cc1)c1ccc(OCCN2CCOCC2)cc1. The molecule has 2 heterocycles. The van der Waals surface area contributed by atoms with E-state index in [0.29, 0.717) is 24.3 Å². The first-order valence-electron chi connectivity index (χ1n) is 11.4. The third-order valence-corrected chi connectivity index (χ3v) is 5.79. The Labute approximate surface area is 189 Å². The lowest BCUT2D eigenvalue weighted by Crippen LogP contribution is -2.38. The smallest absolute Gasteiger partial charge is 0.193 e. The van der Waals surface area contributed by atoms with Gasteiger partial charge in [-0.25, -0.2) is 0 Å². The van der Waals surface area contributed by atoms with Crippen molar-refractivity contribution in [3.63, 3.8) is 0 Å². The minimum absolute atomic E-state index is 0.00951. The van der Waals surface area contributed by atoms with Gasteiger partial charge in [0.05, 0.1) is 26.4 Å². The van der Waals surface area contributed by atoms with Crippen molar-refractivity contribution in [3.05, 3.63) is 59.7 Å². The molecule has 4 rings (SSSR count). The van der Waals surface area contributed by atoms with Crippen molar-refractivity contribution in [2.45, 2.75) is 0 Å². The van der Waals surface area contributed by atoms with Gasteiger partial charge in [-0.1, -0.05) is 0 Å². The minimum Gasteiger partial charge on any atom is -0.492 e. The monoisotopic (exact) mass is 440 g/mol. The van der Waals surface area contributed by atoms with E-state index in [-0.39, 0.29) is 5.78 Å². The van der Waals surface area contributed by atoms with Crippen LogP contribution in [0.15, 0.2) is 48.5 Å². The predicted octanol–water partition coefficient (Wildman–Crippen LogP) is 2.34. The summed E-state index contributed by atoms with van der Waals surface area (Å²) in [6.45, 7) is 9.98. The molecule has 2 saturated heterocycles. The molecule has 0 aliphatic carbocycles. The highest BCUT2D eigenvalue weighted by molar-refractivity contribution is 6.09. The van der Waals surface area contributed by atoms with Gasteiger partial charge in [-0.2, -0.15) is 0 Å². The van der Waals surface area contributed by atoms with Crippen LogP contribution in [0.4, 0.5) is 0 Å². The van der Waals surface area contributed by atoms with E-state index in [1.54, 1.807) is 0 Å². The van der Waals surface area contributed by atoms with E-state index in [4.69, 9.17) is 18.9 Å². The van der Waals surface area contributed by atoms with Crippen LogP contribution in [-0.2, 0) is 9.47 Å². The van der Waals surface area contributed by atoms with Crippen LogP contribution in [0.5, 0.6) is 11.5 Å². The molecule has 0 saturated carbocycles. The number of hydrogen-bond donors (Lipinski definition) is 0. The van der Waals surface area contributed by atoms with Crippen molar-refractivity contribution in [2.24, 2.45) is 0 Å². The Bertz CT molecular complexity index is 759. The summed E-state index contributed by atoms with van der Waals surface area (Å²) in [5.41, 5.74) is 1.29. The summed E-state index contributed by atoms with van der Waals surface area (Å²) in [6, 6.07) is 14.7. The first kappa shape index (κ1) is 22.7. The van der Waals surface area contributed by atoms with Gasteiger partial charge in [0.15, 0.2) is 5.78 Å². The normalized spacial score (nSPS) is 17.8. The van der Waals surface area contributed by atoms with Gasteiger partial charge >= 0.3 is 0 Å².